The van der Waals surface area contributed by atoms with Crippen LogP contribution in [0.4, 0.5) is 0 Å². The molecule has 0 saturated carbocycles. The summed E-state index contributed by atoms with van der Waals surface area (Å²) in [5.41, 5.74) is 5.18. The predicted octanol–water partition coefficient (Wildman–Crippen LogP) is 4.75. The fourth-order valence-corrected chi connectivity index (χ4v) is 3.25. The molecule has 0 bridgehead atoms. The molecular weight excluding hydrogens is 527 g/mol. The Hall–Kier alpha value is -3.14. The highest BCUT2D eigenvalue weighted by Gasteiger charge is 2.07. The molecule has 0 atom stereocenters. The molecule has 0 saturated heterocycles. The van der Waals surface area contributed by atoms with Gasteiger partial charge in [-0.2, -0.15) is 5.10 Å². The van der Waals surface area contributed by atoms with Gasteiger partial charge in [0.15, 0.2) is 5.96 Å². The number of oxazole rings is 1. The third-order valence-corrected chi connectivity index (χ3v) is 4.96. The first kappa shape index (κ1) is 24.5. The lowest BCUT2D eigenvalue weighted by Crippen LogP contribution is -2.38. The van der Waals surface area contributed by atoms with Gasteiger partial charge in [-0.25, -0.2) is 14.7 Å². The third-order valence-electron chi connectivity index (χ3n) is 4.96. The molecule has 2 aromatic heterocycles. The number of aromatic nitrogens is 3. The minimum absolute atomic E-state index is 0. The highest BCUT2D eigenvalue weighted by Crippen LogP contribution is 2.19. The van der Waals surface area contributed by atoms with E-state index in [1.54, 1.807) is 6.26 Å². The molecule has 0 aliphatic rings. The van der Waals surface area contributed by atoms with Crippen LogP contribution < -0.4 is 10.6 Å². The van der Waals surface area contributed by atoms with E-state index in [2.05, 4.69) is 38.8 Å². The summed E-state index contributed by atoms with van der Waals surface area (Å²) in [4.78, 5) is 9.20. The van der Waals surface area contributed by atoms with Crippen LogP contribution in [0.3, 0.4) is 0 Å². The molecule has 0 aliphatic heterocycles. The van der Waals surface area contributed by atoms with E-state index in [0.717, 1.165) is 48.0 Å². The van der Waals surface area contributed by atoms with Crippen molar-refractivity contribution in [2.75, 3.05) is 13.1 Å². The number of nitrogens with one attached hydrogen (secondary N) is 2. The number of aliphatic imine (C=N–C) groups is 1. The highest BCUT2D eigenvalue weighted by atomic mass is 127. The van der Waals surface area contributed by atoms with E-state index in [9.17, 15) is 0 Å². The average Bonchev–Trinajstić information content (AvgIpc) is 3.49. The van der Waals surface area contributed by atoms with E-state index in [0.29, 0.717) is 12.4 Å². The van der Waals surface area contributed by atoms with E-state index in [-0.39, 0.29) is 24.0 Å². The monoisotopic (exact) mass is 556 g/mol. The van der Waals surface area contributed by atoms with Gasteiger partial charge < -0.3 is 15.1 Å². The Balaban J connectivity index is 0.00000306. The van der Waals surface area contributed by atoms with E-state index in [1.165, 1.54) is 5.56 Å². The molecule has 0 radical (unpaired) electrons. The van der Waals surface area contributed by atoms with Crippen molar-refractivity contribution in [3.63, 3.8) is 0 Å². The van der Waals surface area contributed by atoms with Crippen LogP contribution in [0.2, 0.25) is 0 Å². The summed E-state index contributed by atoms with van der Waals surface area (Å²) in [6, 6.07) is 18.2. The number of rotatable bonds is 8. The van der Waals surface area contributed by atoms with Crippen molar-refractivity contribution in [1.82, 2.24) is 25.4 Å². The Kier molecular flexibility index (Phi) is 9.05. The van der Waals surface area contributed by atoms with Crippen LogP contribution in [-0.2, 0) is 13.0 Å². The molecule has 0 spiro atoms. The van der Waals surface area contributed by atoms with Gasteiger partial charge in [0, 0.05) is 24.8 Å². The third kappa shape index (κ3) is 6.92. The number of hydrogen-bond donors (Lipinski definition) is 2. The fourth-order valence-electron chi connectivity index (χ4n) is 3.25. The molecule has 4 rings (SSSR count). The smallest absolute Gasteiger partial charge is 0.226 e. The Labute approximate surface area is 211 Å². The summed E-state index contributed by atoms with van der Waals surface area (Å²) in [6.45, 7) is 6.08. The highest BCUT2D eigenvalue weighted by molar-refractivity contribution is 14.0. The van der Waals surface area contributed by atoms with Gasteiger partial charge in [-0.3, -0.25) is 0 Å². The number of para-hydroxylation sites is 1. The normalized spacial score (nSPS) is 11.2. The second kappa shape index (κ2) is 12.2. The van der Waals surface area contributed by atoms with Crippen LogP contribution in [0, 0.1) is 6.92 Å². The standard InChI is InChI=1S/C25H28N6O.HI/c1-3-26-25(27-14-13-20-15-29-31(17-20)23-7-5-4-6-8-23)28-16-22-18-32-24(30-22)21-11-9-19(2)10-12-21;/h4-12,15,17-18H,3,13-14,16H2,1-2H3,(H2,26,27,28);1H. The van der Waals surface area contributed by atoms with Crippen LogP contribution >= 0.6 is 24.0 Å². The first-order valence-corrected chi connectivity index (χ1v) is 10.8. The number of guanidine groups is 1. The second-order valence-electron chi connectivity index (χ2n) is 7.51. The molecule has 8 heteroatoms. The molecule has 33 heavy (non-hydrogen) atoms. The maximum absolute atomic E-state index is 5.63. The number of aryl methyl sites for hydroxylation is 1. The van der Waals surface area contributed by atoms with E-state index < -0.39 is 0 Å². The first-order valence-electron chi connectivity index (χ1n) is 10.8. The number of halogens is 1. The van der Waals surface area contributed by atoms with E-state index in [1.807, 2.05) is 72.4 Å². The van der Waals surface area contributed by atoms with Gasteiger partial charge in [-0.1, -0.05) is 35.9 Å². The molecule has 0 fully saturated rings. The molecule has 172 valence electrons. The zero-order valence-corrected chi connectivity index (χ0v) is 21.2. The first-order chi connectivity index (χ1) is 15.7. The molecular formula is C25H29IN6O. The van der Waals surface area contributed by atoms with Gasteiger partial charge in [0.2, 0.25) is 5.89 Å². The molecule has 2 heterocycles. The topological polar surface area (TPSA) is 80.3 Å². The lowest BCUT2D eigenvalue weighted by Gasteiger charge is -2.10. The maximum Gasteiger partial charge on any atom is 0.226 e. The lowest BCUT2D eigenvalue weighted by atomic mass is 10.1. The van der Waals surface area contributed by atoms with Crippen molar-refractivity contribution < 1.29 is 4.42 Å². The molecule has 4 aromatic rings. The van der Waals surface area contributed by atoms with E-state index in [4.69, 9.17) is 4.42 Å². The van der Waals surface area contributed by atoms with Crippen LogP contribution in [0.1, 0.15) is 23.7 Å². The minimum Gasteiger partial charge on any atom is -0.444 e. The molecule has 0 aliphatic carbocycles. The molecule has 0 amide bonds. The molecule has 0 unspecified atom stereocenters. The van der Waals surface area contributed by atoms with Gasteiger partial charge in [0.1, 0.15) is 12.0 Å². The van der Waals surface area contributed by atoms with Crippen LogP contribution in [-0.4, -0.2) is 33.8 Å². The number of nitrogens with zero attached hydrogens (tertiary/aromatic N) is 4. The predicted molar refractivity (Wildman–Crippen MR) is 142 cm³/mol. The minimum atomic E-state index is 0. The molecule has 7 nitrogen and oxygen atoms in total. The van der Waals surface area contributed by atoms with Crippen molar-refractivity contribution in [2.24, 2.45) is 4.99 Å². The SMILES string of the molecule is CCNC(=NCc1coc(-c2ccc(C)cc2)n1)NCCc1cnn(-c2ccccc2)c1.I. The van der Waals surface area contributed by atoms with Crippen molar-refractivity contribution >= 4 is 29.9 Å². The molecule has 2 N–H and O–H groups in total. The van der Waals surface area contributed by atoms with Crippen LogP contribution in [0.25, 0.3) is 17.1 Å². The summed E-state index contributed by atoms with van der Waals surface area (Å²) >= 11 is 0. The van der Waals surface area contributed by atoms with Gasteiger partial charge in [0.25, 0.3) is 0 Å². The Morgan fingerprint density at radius 1 is 1.06 bits per heavy atom. The van der Waals surface area contributed by atoms with Crippen molar-refractivity contribution in [3.05, 3.63) is 90.1 Å². The number of benzene rings is 2. The van der Waals surface area contributed by atoms with Gasteiger partial charge in [-0.15, -0.1) is 24.0 Å². The zero-order chi connectivity index (χ0) is 22.2. The summed E-state index contributed by atoms with van der Waals surface area (Å²) in [6.07, 6.45) is 6.48. The second-order valence-corrected chi connectivity index (χ2v) is 7.51. The van der Waals surface area contributed by atoms with E-state index >= 15 is 0 Å². The summed E-state index contributed by atoms with van der Waals surface area (Å²) in [5, 5.41) is 11.1. The van der Waals surface area contributed by atoms with Crippen molar-refractivity contribution in [2.45, 2.75) is 26.8 Å². The average molecular weight is 556 g/mol. The fraction of sp³-hybridized carbons (Fsp3) is 0.240. The van der Waals surface area contributed by atoms with Gasteiger partial charge in [-0.05, 0) is 50.1 Å². The Morgan fingerprint density at radius 3 is 2.61 bits per heavy atom. The van der Waals surface area contributed by atoms with Crippen LogP contribution in [0.5, 0.6) is 0 Å². The van der Waals surface area contributed by atoms with Crippen molar-refractivity contribution in [3.8, 4) is 17.1 Å². The zero-order valence-electron chi connectivity index (χ0n) is 18.9. The Morgan fingerprint density at radius 2 is 1.85 bits per heavy atom. The van der Waals surface area contributed by atoms with Crippen molar-refractivity contribution in [1.29, 1.82) is 0 Å². The summed E-state index contributed by atoms with van der Waals surface area (Å²) in [7, 11) is 0. The quantitative estimate of drug-likeness (QED) is 0.186. The lowest BCUT2D eigenvalue weighted by molar-refractivity contribution is 0.572. The largest absolute Gasteiger partial charge is 0.444 e. The maximum atomic E-state index is 5.63. The van der Waals surface area contributed by atoms with Gasteiger partial charge >= 0.3 is 0 Å². The summed E-state index contributed by atoms with van der Waals surface area (Å²) < 4.78 is 7.52. The number of hydrogen-bond acceptors (Lipinski definition) is 4. The summed E-state index contributed by atoms with van der Waals surface area (Å²) in [5.74, 6) is 1.37. The van der Waals surface area contributed by atoms with Gasteiger partial charge in [0.05, 0.1) is 18.4 Å². The van der Waals surface area contributed by atoms with Crippen LogP contribution in [0.15, 0.2) is 82.7 Å². The Bertz CT molecular complexity index is 1150. The molecule has 2 aromatic carbocycles.